The first kappa shape index (κ1) is 15.7. The minimum absolute atomic E-state index is 0.0465. The summed E-state index contributed by atoms with van der Waals surface area (Å²) in [5, 5.41) is 14.6. The second-order valence-corrected chi connectivity index (χ2v) is 6.59. The number of rotatable bonds is 6. The van der Waals surface area contributed by atoms with Gasteiger partial charge in [0.2, 0.25) is 5.91 Å². The highest BCUT2D eigenvalue weighted by Gasteiger charge is 2.13. The molecule has 106 valence electrons. The van der Waals surface area contributed by atoms with Crippen molar-refractivity contribution in [2.75, 3.05) is 6.54 Å². The van der Waals surface area contributed by atoms with Crippen LogP contribution in [0.1, 0.15) is 30.5 Å². The molecule has 3 N–H and O–H groups in total. The molecule has 19 heavy (non-hydrogen) atoms. The van der Waals surface area contributed by atoms with Crippen LogP contribution < -0.4 is 10.6 Å². The molecule has 0 radical (unpaired) electrons. The van der Waals surface area contributed by atoms with Gasteiger partial charge in [-0.1, -0.05) is 0 Å². The van der Waals surface area contributed by atoms with E-state index in [-0.39, 0.29) is 24.4 Å². The first-order chi connectivity index (χ1) is 8.76. The Bertz CT molecular complexity index is 449. The van der Waals surface area contributed by atoms with Gasteiger partial charge in [0.15, 0.2) is 0 Å². The molecule has 0 atom stereocenters. The Labute approximate surface area is 117 Å². The fourth-order valence-corrected chi connectivity index (χ4v) is 2.50. The summed E-state index contributed by atoms with van der Waals surface area (Å²) in [6.07, 6.45) is 0.0508. The maximum absolute atomic E-state index is 11.6. The fourth-order valence-electron chi connectivity index (χ4n) is 1.52. The third kappa shape index (κ3) is 6.93. The molecule has 0 saturated carbocycles. The van der Waals surface area contributed by atoms with Crippen molar-refractivity contribution in [2.45, 2.75) is 39.3 Å². The molecular weight excluding hydrogens is 264 g/mol. The van der Waals surface area contributed by atoms with Crippen molar-refractivity contribution < 1.29 is 14.7 Å². The smallest absolute Gasteiger partial charge is 0.308 e. The monoisotopic (exact) mass is 284 g/mol. The van der Waals surface area contributed by atoms with E-state index in [1.165, 1.54) is 11.3 Å². The Morgan fingerprint density at radius 2 is 1.89 bits per heavy atom. The van der Waals surface area contributed by atoms with E-state index in [9.17, 15) is 9.59 Å². The molecule has 0 unspecified atom stereocenters. The predicted octanol–water partition coefficient (Wildman–Crippen LogP) is 1.38. The van der Waals surface area contributed by atoms with Gasteiger partial charge >= 0.3 is 5.97 Å². The summed E-state index contributed by atoms with van der Waals surface area (Å²) in [5.41, 5.74) is -0.226. The largest absolute Gasteiger partial charge is 0.481 e. The second kappa shape index (κ2) is 6.68. The third-order valence-electron chi connectivity index (χ3n) is 2.14. The normalized spacial score (nSPS) is 11.3. The first-order valence-electron chi connectivity index (χ1n) is 6.07. The summed E-state index contributed by atoms with van der Waals surface area (Å²) in [6.45, 7) is 6.62. The van der Waals surface area contributed by atoms with E-state index in [1.54, 1.807) is 0 Å². The van der Waals surface area contributed by atoms with Gasteiger partial charge in [-0.2, -0.15) is 0 Å². The van der Waals surface area contributed by atoms with E-state index in [2.05, 4.69) is 10.6 Å². The van der Waals surface area contributed by atoms with Crippen LogP contribution in [0.15, 0.2) is 12.1 Å². The molecule has 0 aliphatic rings. The van der Waals surface area contributed by atoms with Crippen LogP contribution >= 0.6 is 11.3 Å². The third-order valence-corrected chi connectivity index (χ3v) is 3.23. The number of thiophene rings is 1. The van der Waals surface area contributed by atoms with E-state index in [0.717, 1.165) is 9.75 Å². The maximum atomic E-state index is 11.6. The van der Waals surface area contributed by atoms with Crippen LogP contribution in [0.25, 0.3) is 0 Å². The molecule has 0 aromatic carbocycles. The number of hydrogen-bond acceptors (Lipinski definition) is 4. The fraction of sp³-hybridized carbons (Fsp3) is 0.538. The molecule has 1 aromatic rings. The predicted molar refractivity (Wildman–Crippen MR) is 75.3 cm³/mol. The van der Waals surface area contributed by atoms with Crippen LogP contribution in [0.2, 0.25) is 0 Å². The van der Waals surface area contributed by atoms with Crippen molar-refractivity contribution in [3.05, 3.63) is 21.9 Å². The van der Waals surface area contributed by atoms with E-state index in [1.807, 2.05) is 32.9 Å². The summed E-state index contributed by atoms with van der Waals surface area (Å²) in [5.74, 6) is -0.874. The minimum Gasteiger partial charge on any atom is -0.481 e. The van der Waals surface area contributed by atoms with Gasteiger partial charge in [0.25, 0.3) is 0 Å². The summed E-state index contributed by atoms with van der Waals surface area (Å²) in [6, 6.07) is 3.70. The summed E-state index contributed by atoms with van der Waals surface area (Å²) < 4.78 is 0. The number of carboxylic acid groups (broad SMARTS) is 1. The molecule has 0 bridgehead atoms. The van der Waals surface area contributed by atoms with Crippen molar-refractivity contribution in [1.82, 2.24) is 10.6 Å². The highest BCUT2D eigenvalue weighted by molar-refractivity contribution is 7.12. The van der Waals surface area contributed by atoms with Crippen LogP contribution in [0.4, 0.5) is 0 Å². The lowest BCUT2D eigenvalue weighted by Gasteiger charge is -2.20. The lowest BCUT2D eigenvalue weighted by molar-refractivity contribution is -0.136. The number of hydrogen-bond donors (Lipinski definition) is 3. The van der Waals surface area contributed by atoms with Crippen LogP contribution in [-0.2, 0) is 22.6 Å². The zero-order valence-electron chi connectivity index (χ0n) is 11.4. The molecular formula is C13H20N2O3S. The standard InChI is InChI=1S/C13H20N2O3S/c1-13(2,3)15-11(16)8-14-7-10-5-4-9(19-10)6-12(17)18/h4-5,14H,6-8H2,1-3H3,(H,15,16)(H,17,18). The Morgan fingerprint density at radius 3 is 2.47 bits per heavy atom. The second-order valence-electron chi connectivity index (χ2n) is 5.34. The van der Waals surface area contributed by atoms with E-state index in [4.69, 9.17) is 5.11 Å². The van der Waals surface area contributed by atoms with Crippen LogP contribution in [0.3, 0.4) is 0 Å². The van der Waals surface area contributed by atoms with Crippen molar-refractivity contribution in [2.24, 2.45) is 0 Å². The number of amides is 1. The van der Waals surface area contributed by atoms with Gasteiger partial charge in [-0.05, 0) is 32.9 Å². The van der Waals surface area contributed by atoms with Crippen molar-refractivity contribution in [1.29, 1.82) is 0 Å². The highest BCUT2D eigenvalue weighted by Crippen LogP contribution is 2.16. The molecule has 1 heterocycles. The molecule has 5 nitrogen and oxygen atoms in total. The molecule has 1 aromatic heterocycles. The van der Waals surface area contributed by atoms with Gasteiger partial charge in [0, 0.05) is 21.8 Å². The van der Waals surface area contributed by atoms with Crippen LogP contribution in [-0.4, -0.2) is 29.1 Å². The topological polar surface area (TPSA) is 78.4 Å². The number of aliphatic carboxylic acids is 1. The number of carbonyl (C=O) groups excluding carboxylic acids is 1. The molecule has 0 fully saturated rings. The average molecular weight is 284 g/mol. The molecule has 6 heteroatoms. The highest BCUT2D eigenvalue weighted by atomic mass is 32.1. The van der Waals surface area contributed by atoms with Gasteiger partial charge < -0.3 is 15.7 Å². The van der Waals surface area contributed by atoms with E-state index in [0.29, 0.717) is 6.54 Å². The van der Waals surface area contributed by atoms with Crippen LogP contribution in [0.5, 0.6) is 0 Å². The number of carbonyl (C=O) groups is 2. The number of carboxylic acids is 1. The van der Waals surface area contributed by atoms with E-state index < -0.39 is 5.97 Å². The zero-order chi connectivity index (χ0) is 14.5. The van der Waals surface area contributed by atoms with Crippen molar-refractivity contribution in [3.63, 3.8) is 0 Å². The van der Waals surface area contributed by atoms with Gasteiger partial charge in [0.1, 0.15) is 0 Å². The number of nitrogens with one attached hydrogen (secondary N) is 2. The van der Waals surface area contributed by atoms with Gasteiger partial charge in [-0.3, -0.25) is 9.59 Å². The Kier molecular flexibility index (Phi) is 5.50. The summed E-state index contributed by atoms with van der Waals surface area (Å²) in [7, 11) is 0. The zero-order valence-corrected chi connectivity index (χ0v) is 12.3. The van der Waals surface area contributed by atoms with E-state index >= 15 is 0 Å². The van der Waals surface area contributed by atoms with Gasteiger partial charge in [-0.25, -0.2) is 0 Å². The first-order valence-corrected chi connectivity index (χ1v) is 6.89. The lowest BCUT2D eigenvalue weighted by Crippen LogP contribution is -2.44. The quantitative estimate of drug-likeness (QED) is 0.737. The lowest BCUT2D eigenvalue weighted by atomic mass is 10.1. The summed E-state index contributed by atoms with van der Waals surface area (Å²) >= 11 is 1.45. The average Bonchev–Trinajstić information content (AvgIpc) is 2.61. The van der Waals surface area contributed by atoms with Gasteiger partial charge in [0.05, 0.1) is 13.0 Å². The Balaban J connectivity index is 2.31. The Hall–Kier alpha value is -1.40. The Morgan fingerprint density at radius 1 is 1.26 bits per heavy atom. The van der Waals surface area contributed by atoms with Gasteiger partial charge in [-0.15, -0.1) is 11.3 Å². The van der Waals surface area contributed by atoms with Crippen molar-refractivity contribution in [3.8, 4) is 0 Å². The SMILES string of the molecule is CC(C)(C)NC(=O)CNCc1ccc(CC(=O)O)s1. The summed E-state index contributed by atoms with van der Waals surface area (Å²) in [4.78, 5) is 24.0. The maximum Gasteiger partial charge on any atom is 0.308 e. The molecule has 0 spiro atoms. The molecule has 1 amide bonds. The molecule has 0 aliphatic heterocycles. The molecule has 0 aliphatic carbocycles. The molecule has 0 saturated heterocycles. The molecule has 1 rings (SSSR count). The minimum atomic E-state index is -0.828. The van der Waals surface area contributed by atoms with Crippen molar-refractivity contribution >= 4 is 23.2 Å². The van der Waals surface area contributed by atoms with Crippen LogP contribution in [0, 0.1) is 0 Å².